The molecule has 0 aromatic heterocycles. The van der Waals surface area contributed by atoms with Crippen LogP contribution in [0.15, 0.2) is 0 Å². The van der Waals surface area contributed by atoms with Crippen LogP contribution in [0.2, 0.25) is 0 Å². The maximum atomic E-state index is 10.5. The van der Waals surface area contributed by atoms with E-state index in [0.29, 0.717) is 0 Å². The summed E-state index contributed by atoms with van der Waals surface area (Å²) < 4.78 is 4.44. The molecule has 10 heavy (non-hydrogen) atoms. The highest BCUT2D eigenvalue weighted by molar-refractivity contribution is 6.28. The molecule has 2 amide bonds. The van der Waals surface area contributed by atoms with Gasteiger partial charge >= 0.3 is 0 Å². The number of carbonyl (C=O) groups is 2. The van der Waals surface area contributed by atoms with E-state index in [2.05, 4.69) is 4.74 Å². The molecule has 0 spiro atoms. The van der Waals surface area contributed by atoms with Crippen molar-refractivity contribution in [2.75, 3.05) is 19.6 Å². The number of methoxy groups -OCH3 is 1. The smallest absolute Gasteiger partial charge is 0.252 e. The first-order valence-corrected chi connectivity index (χ1v) is 3.11. The molecule has 0 saturated carbocycles. The number of alkyl halides is 1. The summed E-state index contributed by atoms with van der Waals surface area (Å²) >= 11 is 5.09. The zero-order valence-electron chi connectivity index (χ0n) is 5.52. The summed E-state index contributed by atoms with van der Waals surface area (Å²) in [5.41, 5.74) is 0. The molecule has 0 atom stereocenters. The van der Waals surface area contributed by atoms with Crippen molar-refractivity contribution in [1.29, 1.82) is 0 Å². The molecule has 4 nitrogen and oxygen atoms in total. The second-order valence-corrected chi connectivity index (χ2v) is 1.81. The highest BCUT2D eigenvalue weighted by Gasteiger charge is 2.03. The fourth-order valence-electron chi connectivity index (χ4n) is 0.356. The van der Waals surface area contributed by atoms with E-state index in [1.54, 1.807) is 0 Å². The summed E-state index contributed by atoms with van der Waals surface area (Å²) in [6.45, 7) is -0.122. The van der Waals surface area contributed by atoms with E-state index < -0.39 is 11.8 Å². The van der Waals surface area contributed by atoms with Crippen LogP contribution in [0.1, 0.15) is 0 Å². The van der Waals surface area contributed by atoms with Crippen LogP contribution in [0.3, 0.4) is 0 Å². The van der Waals surface area contributed by atoms with Gasteiger partial charge in [-0.15, -0.1) is 11.6 Å². The normalized spacial score (nSPS) is 9.00. The summed E-state index contributed by atoms with van der Waals surface area (Å²) in [6.07, 6.45) is 0. The third kappa shape index (κ3) is 4.29. The van der Waals surface area contributed by atoms with Crippen LogP contribution in [-0.2, 0) is 14.3 Å². The van der Waals surface area contributed by atoms with Gasteiger partial charge in [-0.2, -0.15) is 0 Å². The summed E-state index contributed by atoms with van der Waals surface area (Å²) in [5, 5.41) is 2.00. The number of halogens is 1. The Balaban J connectivity index is 3.47. The molecular weight excluding hydrogens is 158 g/mol. The molecule has 0 unspecified atom stereocenters. The van der Waals surface area contributed by atoms with Crippen LogP contribution >= 0.6 is 11.6 Å². The van der Waals surface area contributed by atoms with Crippen molar-refractivity contribution in [3.63, 3.8) is 0 Å². The SMILES string of the molecule is COCC(=O)NC(=O)CCl. The van der Waals surface area contributed by atoms with Gasteiger partial charge in [-0.25, -0.2) is 0 Å². The zero-order valence-corrected chi connectivity index (χ0v) is 6.27. The lowest BCUT2D eigenvalue weighted by molar-refractivity contribution is -0.131. The summed E-state index contributed by atoms with van der Waals surface area (Å²) in [6, 6.07) is 0. The van der Waals surface area contributed by atoms with Gasteiger partial charge in [0.05, 0.1) is 0 Å². The van der Waals surface area contributed by atoms with Crippen LogP contribution < -0.4 is 5.32 Å². The lowest BCUT2D eigenvalue weighted by atomic mass is 10.6. The number of carbonyl (C=O) groups excluding carboxylic acids is 2. The topological polar surface area (TPSA) is 55.4 Å². The first kappa shape index (κ1) is 9.39. The van der Waals surface area contributed by atoms with E-state index in [1.807, 2.05) is 5.32 Å². The number of hydrogen-bond acceptors (Lipinski definition) is 3. The molecule has 0 bridgehead atoms. The van der Waals surface area contributed by atoms with Gasteiger partial charge in [0.15, 0.2) is 0 Å². The minimum Gasteiger partial charge on any atom is -0.375 e. The Morgan fingerprint density at radius 3 is 2.50 bits per heavy atom. The van der Waals surface area contributed by atoms with E-state index in [0.717, 1.165) is 0 Å². The third-order valence-corrected chi connectivity index (χ3v) is 0.918. The van der Waals surface area contributed by atoms with Gasteiger partial charge in [-0.3, -0.25) is 14.9 Å². The van der Waals surface area contributed by atoms with Gasteiger partial charge < -0.3 is 4.74 Å². The molecule has 0 aliphatic carbocycles. The largest absolute Gasteiger partial charge is 0.375 e. The zero-order chi connectivity index (χ0) is 7.98. The summed E-state index contributed by atoms with van der Waals surface area (Å²) in [4.78, 5) is 20.9. The highest BCUT2D eigenvalue weighted by atomic mass is 35.5. The minimum atomic E-state index is -0.510. The third-order valence-electron chi connectivity index (χ3n) is 0.676. The van der Waals surface area contributed by atoms with Crippen LogP contribution in [0, 0.1) is 0 Å². The molecule has 0 aliphatic heterocycles. The first-order valence-electron chi connectivity index (χ1n) is 2.58. The van der Waals surface area contributed by atoms with Crippen LogP contribution in [0.25, 0.3) is 0 Å². The second-order valence-electron chi connectivity index (χ2n) is 1.54. The lowest BCUT2D eigenvalue weighted by Gasteiger charge is -1.98. The molecule has 0 aliphatic rings. The fraction of sp³-hybridized carbons (Fsp3) is 0.600. The minimum absolute atomic E-state index is 0.122. The molecule has 1 N–H and O–H groups in total. The van der Waals surface area contributed by atoms with Gasteiger partial charge in [-0.05, 0) is 0 Å². The Kier molecular flexibility index (Phi) is 4.88. The average Bonchev–Trinajstić information content (AvgIpc) is 1.88. The quantitative estimate of drug-likeness (QED) is 0.575. The number of imide groups is 1. The standard InChI is InChI=1S/C5H8ClNO3/c1-10-3-5(9)7-4(8)2-6/h2-3H2,1H3,(H,7,8,9). The highest BCUT2D eigenvalue weighted by Crippen LogP contribution is 1.75. The van der Waals surface area contributed by atoms with Crippen molar-refractivity contribution in [2.45, 2.75) is 0 Å². The van der Waals surface area contributed by atoms with Crippen LogP contribution in [0.5, 0.6) is 0 Å². The maximum absolute atomic E-state index is 10.5. The Morgan fingerprint density at radius 1 is 1.50 bits per heavy atom. The van der Waals surface area contributed by atoms with Crippen molar-refractivity contribution < 1.29 is 14.3 Å². The molecule has 0 heterocycles. The number of amides is 2. The molecule has 0 radical (unpaired) electrons. The monoisotopic (exact) mass is 165 g/mol. The second kappa shape index (κ2) is 5.20. The molecule has 0 aromatic rings. The van der Waals surface area contributed by atoms with Gasteiger partial charge in [0.2, 0.25) is 5.91 Å². The van der Waals surface area contributed by atoms with Crippen molar-refractivity contribution in [3.05, 3.63) is 0 Å². The van der Waals surface area contributed by atoms with E-state index >= 15 is 0 Å². The molecule has 0 rings (SSSR count). The number of nitrogens with one attached hydrogen (secondary N) is 1. The fourth-order valence-corrected chi connectivity index (χ4v) is 0.423. The Morgan fingerprint density at radius 2 is 2.10 bits per heavy atom. The Hall–Kier alpha value is -0.610. The molecule has 58 valence electrons. The molecule has 5 heteroatoms. The predicted octanol–water partition coefficient (Wildman–Crippen LogP) is -0.486. The van der Waals surface area contributed by atoms with Gasteiger partial charge in [-0.1, -0.05) is 0 Å². The van der Waals surface area contributed by atoms with E-state index in [-0.39, 0.29) is 12.5 Å². The summed E-state index contributed by atoms with van der Waals surface area (Å²) in [5.74, 6) is -1.20. The van der Waals surface area contributed by atoms with Crippen LogP contribution in [0.4, 0.5) is 0 Å². The Labute approximate surface area is 63.5 Å². The van der Waals surface area contributed by atoms with E-state index in [1.165, 1.54) is 7.11 Å². The van der Waals surface area contributed by atoms with Crippen molar-refractivity contribution >= 4 is 23.4 Å². The molecule has 0 saturated heterocycles. The number of rotatable bonds is 3. The molecule has 0 fully saturated rings. The van der Waals surface area contributed by atoms with Gasteiger partial charge in [0.25, 0.3) is 5.91 Å². The van der Waals surface area contributed by atoms with Gasteiger partial charge in [0.1, 0.15) is 12.5 Å². The predicted molar refractivity (Wildman–Crippen MR) is 35.7 cm³/mol. The van der Waals surface area contributed by atoms with Crippen molar-refractivity contribution in [2.24, 2.45) is 0 Å². The maximum Gasteiger partial charge on any atom is 0.252 e. The number of hydrogen-bond donors (Lipinski definition) is 1. The lowest BCUT2D eigenvalue weighted by Crippen LogP contribution is -2.33. The van der Waals surface area contributed by atoms with Crippen LogP contribution in [-0.4, -0.2) is 31.4 Å². The number of ether oxygens (including phenoxy) is 1. The Bertz CT molecular complexity index is 137. The first-order chi connectivity index (χ1) is 4.70. The average molecular weight is 166 g/mol. The van der Waals surface area contributed by atoms with Crippen molar-refractivity contribution in [1.82, 2.24) is 5.32 Å². The summed E-state index contributed by atoms with van der Waals surface area (Å²) in [7, 11) is 1.37. The molecular formula is C5H8ClNO3. The molecule has 0 aromatic carbocycles. The van der Waals surface area contributed by atoms with Crippen molar-refractivity contribution in [3.8, 4) is 0 Å². The van der Waals surface area contributed by atoms with E-state index in [4.69, 9.17) is 11.6 Å². The van der Waals surface area contributed by atoms with E-state index in [9.17, 15) is 9.59 Å². The van der Waals surface area contributed by atoms with Gasteiger partial charge in [0, 0.05) is 7.11 Å².